The third kappa shape index (κ3) is 4.14. The lowest BCUT2D eigenvalue weighted by atomic mass is 10.2. The van der Waals surface area contributed by atoms with E-state index >= 15 is 0 Å². The molecule has 0 radical (unpaired) electrons. The van der Waals surface area contributed by atoms with Crippen LogP contribution in [0.1, 0.15) is 26.1 Å². The van der Waals surface area contributed by atoms with E-state index in [1.165, 1.54) is 0 Å². The Morgan fingerprint density at radius 1 is 1.36 bits per heavy atom. The topological polar surface area (TPSA) is 63.1 Å². The van der Waals surface area contributed by atoms with Crippen molar-refractivity contribution in [1.82, 2.24) is 19.7 Å². The molecule has 0 aliphatic carbocycles. The minimum atomic E-state index is -0.257. The van der Waals surface area contributed by atoms with Crippen LogP contribution in [0.3, 0.4) is 0 Å². The molecular weight excluding hydrogens is 278 g/mol. The summed E-state index contributed by atoms with van der Waals surface area (Å²) < 4.78 is 2.03. The number of aryl methyl sites for hydroxylation is 1. The van der Waals surface area contributed by atoms with Gasteiger partial charge in [-0.05, 0) is 32.5 Å². The molecule has 0 unspecified atom stereocenters. The van der Waals surface area contributed by atoms with E-state index in [4.69, 9.17) is 0 Å². The van der Waals surface area contributed by atoms with Crippen LogP contribution in [-0.4, -0.2) is 38.7 Å². The number of benzene rings is 1. The molecule has 2 aromatic rings. The van der Waals surface area contributed by atoms with E-state index in [-0.39, 0.29) is 11.9 Å². The number of carbonyl (C=O) groups is 1. The maximum Gasteiger partial charge on any atom is 0.241 e. The van der Waals surface area contributed by atoms with E-state index in [0.717, 1.165) is 24.5 Å². The Hall–Kier alpha value is -2.21. The predicted molar refractivity (Wildman–Crippen MR) is 86.3 cm³/mol. The second-order valence-corrected chi connectivity index (χ2v) is 5.39. The molecule has 1 heterocycles. The second-order valence-electron chi connectivity index (χ2n) is 5.39. The number of likely N-dealkylation sites (N-methyl/N-ethyl adjacent to an activating group) is 1. The first-order valence-corrected chi connectivity index (χ1v) is 7.54. The first-order valence-electron chi connectivity index (χ1n) is 7.54. The van der Waals surface area contributed by atoms with Crippen molar-refractivity contribution in [2.45, 2.75) is 39.4 Å². The summed E-state index contributed by atoms with van der Waals surface area (Å²) in [4.78, 5) is 14.3. The fourth-order valence-electron chi connectivity index (χ4n) is 2.16. The lowest BCUT2D eigenvalue weighted by Gasteiger charge is -2.23. The molecule has 0 spiro atoms. The van der Waals surface area contributed by atoms with Crippen molar-refractivity contribution in [3.8, 4) is 0 Å². The average molecular weight is 301 g/mol. The second kappa shape index (κ2) is 7.70. The van der Waals surface area contributed by atoms with Gasteiger partial charge >= 0.3 is 0 Å². The van der Waals surface area contributed by atoms with Gasteiger partial charge < -0.3 is 9.88 Å². The molecule has 0 fully saturated rings. The van der Waals surface area contributed by atoms with Crippen LogP contribution in [0.4, 0.5) is 5.69 Å². The van der Waals surface area contributed by atoms with Gasteiger partial charge in [0.2, 0.25) is 5.91 Å². The number of amides is 1. The molecule has 6 heteroatoms. The van der Waals surface area contributed by atoms with Gasteiger partial charge in [-0.2, -0.15) is 0 Å². The number of rotatable bonds is 7. The maximum atomic E-state index is 12.3. The van der Waals surface area contributed by atoms with Gasteiger partial charge in [0, 0.05) is 12.2 Å². The van der Waals surface area contributed by atoms with E-state index in [1.807, 2.05) is 53.8 Å². The first-order chi connectivity index (χ1) is 10.6. The predicted octanol–water partition coefficient (Wildman–Crippen LogP) is 2.15. The van der Waals surface area contributed by atoms with Gasteiger partial charge in [-0.15, -0.1) is 10.2 Å². The van der Waals surface area contributed by atoms with E-state index < -0.39 is 0 Å². The highest BCUT2D eigenvalue weighted by atomic mass is 16.2. The molecule has 1 aromatic heterocycles. The molecule has 0 aliphatic heterocycles. The zero-order valence-electron chi connectivity index (χ0n) is 13.4. The van der Waals surface area contributed by atoms with Crippen molar-refractivity contribution < 1.29 is 4.79 Å². The maximum absolute atomic E-state index is 12.3. The summed E-state index contributed by atoms with van der Waals surface area (Å²) in [7, 11) is 1.92. The summed E-state index contributed by atoms with van der Waals surface area (Å²) in [5, 5.41) is 11.0. The average Bonchev–Trinajstić information content (AvgIpc) is 2.95. The fourth-order valence-corrected chi connectivity index (χ4v) is 2.16. The number of para-hydroxylation sites is 1. The number of aromatic nitrogens is 3. The number of nitrogens with zero attached hydrogens (tertiary/aromatic N) is 4. The van der Waals surface area contributed by atoms with Crippen molar-refractivity contribution in [2.24, 2.45) is 0 Å². The lowest BCUT2D eigenvalue weighted by molar-refractivity contribution is -0.120. The van der Waals surface area contributed by atoms with Crippen molar-refractivity contribution >= 4 is 11.6 Å². The van der Waals surface area contributed by atoms with Crippen LogP contribution in [0.2, 0.25) is 0 Å². The molecule has 0 saturated heterocycles. The number of nitrogens with one attached hydrogen (secondary N) is 1. The molecule has 0 bridgehead atoms. The molecule has 6 nitrogen and oxygen atoms in total. The number of hydrogen-bond donors (Lipinski definition) is 1. The molecule has 2 rings (SSSR count). The molecule has 1 N–H and O–H groups in total. The van der Waals surface area contributed by atoms with Crippen LogP contribution in [0.5, 0.6) is 0 Å². The summed E-state index contributed by atoms with van der Waals surface area (Å²) in [6.07, 6.45) is 2.76. The highest BCUT2D eigenvalue weighted by Crippen LogP contribution is 2.09. The van der Waals surface area contributed by atoms with Gasteiger partial charge in [-0.3, -0.25) is 9.69 Å². The normalized spacial score (nSPS) is 12.4. The Morgan fingerprint density at radius 3 is 2.77 bits per heavy atom. The monoisotopic (exact) mass is 301 g/mol. The van der Waals surface area contributed by atoms with Crippen LogP contribution in [0.15, 0.2) is 36.7 Å². The van der Waals surface area contributed by atoms with Gasteiger partial charge in [0.1, 0.15) is 12.2 Å². The van der Waals surface area contributed by atoms with Crippen LogP contribution in [0.25, 0.3) is 0 Å². The van der Waals surface area contributed by atoms with Crippen molar-refractivity contribution in [3.63, 3.8) is 0 Å². The zero-order valence-corrected chi connectivity index (χ0v) is 13.4. The van der Waals surface area contributed by atoms with Gasteiger partial charge in [0.05, 0.1) is 12.6 Å². The fraction of sp³-hybridized carbons (Fsp3) is 0.438. The molecular formula is C16H23N5O. The number of carbonyl (C=O) groups excluding carboxylic acids is 1. The van der Waals surface area contributed by atoms with E-state index in [1.54, 1.807) is 6.33 Å². The van der Waals surface area contributed by atoms with Crippen molar-refractivity contribution in [2.75, 3.05) is 12.4 Å². The third-order valence-corrected chi connectivity index (χ3v) is 3.63. The summed E-state index contributed by atoms with van der Waals surface area (Å²) in [5.41, 5.74) is 0.807. The van der Waals surface area contributed by atoms with E-state index in [2.05, 4.69) is 22.4 Å². The molecule has 1 amide bonds. The van der Waals surface area contributed by atoms with Crippen LogP contribution in [0, 0.1) is 0 Å². The van der Waals surface area contributed by atoms with E-state index in [0.29, 0.717) is 6.54 Å². The highest BCUT2D eigenvalue weighted by Gasteiger charge is 2.20. The van der Waals surface area contributed by atoms with Gasteiger partial charge in [0.15, 0.2) is 0 Å². The van der Waals surface area contributed by atoms with Crippen molar-refractivity contribution in [1.29, 1.82) is 0 Å². The number of anilines is 1. The molecule has 22 heavy (non-hydrogen) atoms. The van der Waals surface area contributed by atoms with Crippen molar-refractivity contribution in [3.05, 3.63) is 42.5 Å². The smallest absolute Gasteiger partial charge is 0.241 e. The third-order valence-electron chi connectivity index (χ3n) is 3.63. The summed E-state index contributed by atoms with van der Waals surface area (Å²) in [6.45, 7) is 5.48. The van der Waals surface area contributed by atoms with Crippen LogP contribution >= 0.6 is 0 Å². The standard InChI is InChI=1S/C16H23N5O/c1-4-10-21-12-17-19-15(21)11-20(3)13(2)16(22)18-14-8-6-5-7-9-14/h5-9,12-13H,4,10-11H2,1-3H3,(H,18,22)/t13-/m1/s1. The quantitative estimate of drug-likeness (QED) is 0.851. The Morgan fingerprint density at radius 2 is 2.09 bits per heavy atom. The van der Waals surface area contributed by atoms with Crippen LogP contribution in [-0.2, 0) is 17.9 Å². The summed E-state index contributed by atoms with van der Waals surface area (Å²) in [5.74, 6) is 0.846. The minimum absolute atomic E-state index is 0.0322. The first kappa shape index (κ1) is 16.2. The zero-order chi connectivity index (χ0) is 15.9. The SMILES string of the molecule is CCCn1cnnc1CN(C)[C@H](C)C(=O)Nc1ccccc1. The van der Waals surface area contributed by atoms with Gasteiger partial charge in [-0.1, -0.05) is 25.1 Å². The highest BCUT2D eigenvalue weighted by molar-refractivity contribution is 5.94. The molecule has 118 valence electrons. The largest absolute Gasteiger partial charge is 0.325 e. The van der Waals surface area contributed by atoms with E-state index in [9.17, 15) is 4.79 Å². The summed E-state index contributed by atoms with van der Waals surface area (Å²) >= 11 is 0. The Bertz CT molecular complexity index is 596. The number of hydrogen-bond acceptors (Lipinski definition) is 4. The Balaban J connectivity index is 1.95. The van der Waals surface area contributed by atoms with Crippen LogP contribution < -0.4 is 5.32 Å². The van der Waals surface area contributed by atoms with Gasteiger partial charge in [-0.25, -0.2) is 0 Å². The molecule has 0 saturated carbocycles. The van der Waals surface area contributed by atoms with Gasteiger partial charge in [0.25, 0.3) is 0 Å². The Labute approximate surface area is 131 Å². The molecule has 0 aliphatic rings. The summed E-state index contributed by atoms with van der Waals surface area (Å²) in [6, 6.07) is 9.22. The lowest BCUT2D eigenvalue weighted by Crippen LogP contribution is -2.39. The Kier molecular flexibility index (Phi) is 5.66. The molecule has 1 aromatic carbocycles. The molecule has 1 atom stereocenters. The minimum Gasteiger partial charge on any atom is -0.325 e.